The molecule has 4 atom stereocenters. The van der Waals surface area contributed by atoms with Gasteiger partial charge in [0.2, 0.25) is 0 Å². The Morgan fingerprint density at radius 2 is 0.844 bits per heavy atom. The Labute approximate surface area is 633 Å². The number of hydrogen-bond donors (Lipinski definition) is 2. The van der Waals surface area contributed by atoms with E-state index in [0.717, 1.165) is 33.7 Å². The van der Waals surface area contributed by atoms with Crippen LogP contribution < -0.4 is 16.9 Å². The zero-order valence-electron chi connectivity index (χ0n) is 62.3. The van der Waals surface area contributed by atoms with Crippen molar-refractivity contribution in [1.29, 1.82) is 0 Å². The van der Waals surface area contributed by atoms with E-state index >= 15 is 17.6 Å². The van der Waals surface area contributed by atoms with E-state index < -0.39 is 193 Å². The fraction of sp³-hybridized carbons (Fsp3) is 0.493. The Morgan fingerprint density at radius 1 is 0.495 bits per heavy atom. The molecule has 0 aliphatic heterocycles. The van der Waals surface area contributed by atoms with Crippen LogP contribution in [0.25, 0.3) is 22.3 Å². The van der Waals surface area contributed by atoms with E-state index in [1.54, 1.807) is 53.6 Å². The number of carbonyl (C=O) groups excluding carboxylic acids is 3. The quantitative estimate of drug-likeness (QED) is 0.0351. The van der Waals surface area contributed by atoms with Gasteiger partial charge in [-0.1, -0.05) is 39.8 Å². The highest BCUT2D eigenvalue weighted by Gasteiger charge is 2.43. The number of alkyl halides is 12. The van der Waals surface area contributed by atoms with Crippen molar-refractivity contribution in [2.75, 3.05) is 54.5 Å². The molecular weight excluding hydrogens is 1520 g/mol. The van der Waals surface area contributed by atoms with Crippen LogP contribution in [0.1, 0.15) is 177 Å². The van der Waals surface area contributed by atoms with Crippen LogP contribution in [0.4, 0.5) is 79.0 Å². The van der Waals surface area contributed by atoms with Crippen molar-refractivity contribution in [3.05, 3.63) is 183 Å². The molecule has 4 aromatic carbocycles. The predicted octanol–water partition coefficient (Wildman–Crippen LogP) is 18.0. The molecule has 0 amide bonds. The first-order valence-corrected chi connectivity index (χ1v) is 33.8. The minimum Gasteiger partial charge on any atom is -0.480 e. The summed E-state index contributed by atoms with van der Waals surface area (Å²) in [6, 6.07) is 1.53. The van der Waals surface area contributed by atoms with E-state index in [1.165, 1.54) is 46.8 Å². The van der Waals surface area contributed by atoms with Gasteiger partial charge in [0.25, 0.3) is 11.1 Å². The SMILES string of the molecule is CC(C)CC(C(=O)O)n1cc(CCCN(C)C)c(C(F)(F)F)cc1=O.CCOC(=O)C[C@H](CC(=O)C(CC(C)C)n1cc(CCCN(C)C)c(C(F)(F)F)cc1=O)c1c(F)c(-c2c(C)cc(C)cc2F)cc(C(F)(F)F)c1F.CCOC(=O)C[C@H](N)c1c(F)c(-c2c(C)cc(C)cc2F)cc(C(F)(F)F)c1F.S.S. The molecule has 2 heterocycles. The Kier molecular flexibility index (Phi) is 36.5. The smallest absolute Gasteiger partial charge is 0.419 e. The summed E-state index contributed by atoms with van der Waals surface area (Å²) in [6.07, 6.45) is -20.3. The second-order valence-corrected chi connectivity index (χ2v) is 27.2. The van der Waals surface area contributed by atoms with Gasteiger partial charge in [0.05, 0.1) is 54.4 Å². The van der Waals surface area contributed by atoms with E-state index in [9.17, 15) is 95.3 Å². The van der Waals surface area contributed by atoms with E-state index in [1.807, 2.05) is 19.0 Å². The number of aromatic nitrogens is 2. The van der Waals surface area contributed by atoms with Crippen LogP contribution in [0.2, 0.25) is 0 Å². The third kappa shape index (κ3) is 26.7. The van der Waals surface area contributed by atoms with Gasteiger partial charge in [-0.15, -0.1) is 0 Å². The maximum Gasteiger partial charge on any atom is 0.419 e. The number of benzene rings is 4. The van der Waals surface area contributed by atoms with Crippen molar-refractivity contribution >= 4 is 50.7 Å². The minimum absolute atomic E-state index is 0. The van der Waals surface area contributed by atoms with E-state index in [2.05, 4.69) is 4.74 Å². The molecule has 2 unspecified atom stereocenters. The summed E-state index contributed by atoms with van der Waals surface area (Å²) >= 11 is 0. The number of halogens is 18. The molecular formula is C75H91F18N5O9S2. The van der Waals surface area contributed by atoms with Gasteiger partial charge in [0.1, 0.15) is 40.9 Å². The molecule has 6 rings (SSSR count). The molecule has 2 aromatic heterocycles. The number of rotatable bonds is 28. The Hall–Kier alpha value is -7.82. The topological polar surface area (TPSA) is 183 Å². The summed E-state index contributed by atoms with van der Waals surface area (Å²) in [5.74, 6) is -15.9. The zero-order valence-corrected chi connectivity index (χ0v) is 64.3. The lowest BCUT2D eigenvalue weighted by Gasteiger charge is -2.26. The number of ether oxygens (including phenoxy) is 2. The number of nitrogens with two attached hydrogens (primary N) is 1. The number of hydrogen-bond acceptors (Lipinski definition) is 11. The number of esters is 2. The van der Waals surface area contributed by atoms with E-state index in [4.69, 9.17) is 10.5 Å². The molecule has 0 saturated heterocycles. The fourth-order valence-corrected chi connectivity index (χ4v) is 12.3. The van der Waals surface area contributed by atoms with Gasteiger partial charge >= 0.3 is 42.6 Å². The van der Waals surface area contributed by atoms with Crippen molar-refractivity contribution in [3.8, 4) is 22.3 Å². The molecule has 0 aliphatic carbocycles. The number of aliphatic carboxylic acids is 1. The first kappa shape index (κ1) is 97.3. The second-order valence-electron chi connectivity index (χ2n) is 27.2. The van der Waals surface area contributed by atoms with Crippen LogP contribution in [-0.4, -0.2) is 102 Å². The number of carbonyl (C=O) groups is 4. The van der Waals surface area contributed by atoms with E-state index in [-0.39, 0.29) is 119 Å². The number of Topliss-reactive ketones (excluding diaryl/α,β-unsaturated/α-hetero) is 1. The van der Waals surface area contributed by atoms with Gasteiger partial charge in [-0.2, -0.15) is 79.7 Å². The minimum atomic E-state index is -5.44. The highest BCUT2D eigenvalue weighted by molar-refractivity contribution is 7.59. The Balaban J connectivity index is 0.000000607. The van der Waals surface area contributed by atoms with Gasteiger partial charge in [-0.25, -0.2) is 31.1 Å². The second kappa shape index (κ2) is 40.9. The molecule has 34 heteroatoms. The molecule has 3 N–H and O–H groups in total. The Bertz CT molecular complexity index is 4220. The highest BCUT2D eigenvalue weighted by Crippen LogP contribution is 2.46. The fourth-order valence-electron chi connectivity index (χ4n) is 12.3. The van der Waals surface area contributed by atoms with Crippen LogP contribution in [0.3, 0.4) is 0 Å². The summed E-state index contributed by atoms with van der Waals surface area (Å²) in [7, 11) is 7.06. The summed E-state index contributed by atoms with van der Waals surface area (Å²) in [5.41, 5.74) is -7.09. The van der Waals surface area contributed by atoms with Crippen molar-refractivity contribution < 1.29 is 113 Å². The number of ketones is 1. The van der Waals surface area contributed by atoms with Crippen molar-refractivity contribution in [2.24, 2.45) is 17.6 Å². The Morgan fingerprint density at radius 3 is 1.18 bits per heavy atom. The summed E-state index contributed by atoms with van der Waals surface area (Å²) in [6.45, 7) is 16.2. The summed E-state index contributed by atoms with van der Waals surface area (Å²) < 4.78 is 268. The highest BCUT2D eigenvalue weighted by atomic mass is 32.1. The molecule has 0 radical (unpaired) electrons. The average Bonchev–Trinajstić information content (AvgIpc) is 0.759. The monoisotopic (exact) mass is 1610 g/mol. The van der Waals surface area contributed by atoms with Gasteiger partial charge in [-0.05, 0) is 191 Å². The van der Waals surface area contributed by atoms with Gasteiger partial charge in [0, 0.05) is 76.3 Å². The third-order valence-corrected chi connectivity index (χ3v) is 16.9. The molecule has 109 heavy (non-hydrogen) atoms. The molecule has 0 saturated carbocycles. The molecule has 0 bridgehead atoms. The summed E-state index contributed by atoms with van der Waals surface area (Å²) in [4.78, 5) is 79.1. The van der Waals surface area contributed by atoms with Crippen LogP contribution in [0, 0.1) is 74.4 Å². The molecule has 14 nitrogen and oxygen atoms in total. The number of nitrogens with zero attached hydrogens (tertiary/aromatic N) is 4. The number of carboxylic acids is 1. The van der Waals surface area contributed by atoms with Gasteiger partial charge < -0.3 is 39.2 Å². The average molecular weight is 1610 g/mol. The van der Waals surface area contributed by atoms with Crippen LogP contribution in [0.5, 0.6) is 0 Å². The molecule has 0 fully saturated rings. The van der Waals surface area contributed by atoms with Crippen molar-refractivity contribution in [2.45, 2.75) is 176 Å². The lowest BCUT2D eigenvalue weighted by molar-refractivity contribution is -0.144. The zero-order chi connectivity index (χ0) is 81.6. The molecule has 6 aromatic rings. The number of carboxylic acid groups (broad SMARTS) is 1. The first-order valence-electron chi connectivity index (χ1n) is 33.8. The largest absolute Gasteiger partial charge is 0.480 e. The summed E-state index contributed by atoms with van der Waals surface area (Å²) in [5, 5.41) is 9.38. The maximum absolute atomic E-state index is 16.6. The number of aryl methyl sites for hydroxylation is 6. The van der Waals surface area contributed by atoms with Crippen LogP contribution >= 0.6 is 27.0 Å². The predicted molar refractivity (Wildman–Crippen MR) is 385 cm³/mol. The first-order chi connectivity index (χ1) is 49.3. The lowest BCUT2D eigenvalue weighted by Crippen LogP contribution is -2.33. The van der Waals surface area contributed by atoms with Crippen LogP contribution in [0.15, 0.2) is 70.5 Å². The molecule has 0 aliphatic rings. The van der Waals surface area contributed by atoms with Crippen molar-refractivity contribution in [3.63, 3.8) is 0 Å². The standard InChI is InChI=1S/C38H43F9N2O4.C20H19F6NO2.C17H25F3N2O3.2H2S/c1-8-53-32(52)16-24(34-35(40)25(17-27(36(34)41)38(45,46)47)33-22(5)13-21(4)14-28(33)39)15-30(50)29(12-20(2)3)49-19-23(10-9-11-48(6)7)26(18-31(49)51)37(42,43)44;1-4-29-15(28)8-14(27)17-18(22)11(7-12(19(17)23)20(24,25)26)16-10(3)5-9(2)6-13(16)21;1-11(2)8-14(16(24)25)22-10-12(6-5-7-21(3)4)13(9-15(22)23)17(18,19)20;;/h13-14,17-20,24,29H,8-12,15-16H2,1-7H3;5-7,14H,4,8,27H2,1-3H3;9-11,14H,5-8H2,1-4H3,(H,24,25);2*1H2/t24-,29?;14-;;;/m00.../s1. The van der Waals surface area contributed by atoms with Crippen molar-refractivity contribution in [1.82, 2.24) is 18.9 Å². The van der Waals surface area contributed by atoms with Gasteiger partial charge in [-0.3, -0.25) is 24.0 Å². The lowest BCUT2D eigenvalue weighted by atomic mass is 9.83. The molecule has 608 valence electrons. The van der Waals surface area contributed by atoms with Crippen LogP contribution in [-0.2, 0) is 66.2 Å². The third-order valence-electron chi connectivity index (χ3n) is 16.9. The van der Waals surface area contributed by atoms with Gasteiger partial charge in [0.15, 0.2) is 5.78 Å². The normalized spacial score (nSPS) is 13.0. The maximum atomic E-state index is 16.6. The molecule has 0 spiro atoms. The van der Waals surface area contributed by atoms with E-state index in [0.29, 0.717) is 42.8 Å². The number of pyridine rings is 2.